The molecule has 3 N–H and O–H groups in total. The van der Waals surface area contributed by atoms with Gasteiger partial charge in [0.1, 0.15) is 5.75 Å². The van der Waals surface area contributed by atoms with Crippen LogP contribution in [0.2, 0.25) is 0 Å². The fraction of sp³-hybridized carbons (Fsp3) is 0.167. The molecule has 0 saturated heterocycles. The van der Waals surface area contributed by atoms with Gasteiger partial charge in [-0.3, -0.25) is 4.79 Å². The van der Waals surface area contributed by atoms with Gasteiger partial charge in [0, 0.05) is 11.5 Å². The van der Waals surface area contributed by atoms with Gasteiger partial charge in [0.25, 0.3) is 0 Å². The second-order valence-corrected chi connectivity index (χ2v) is 3.62. The first-order chi connectivity index (χ1) is 8.17. The van der Waals surface area contributed by atoms with Crippen LogP contribution in [0.3, 0.4) is 0 Å². The van der Waals surface area contributed by atoms with Crippen LogP contribution in [-0.2, 0) is 6.42 Å². The van der Waals surface area contributed by atoms with Crippen molar-refractivity contribution in [2.75, 3.05) is 6.54 Å². The molecule has 0 aliphatic carbocycles. The van der Waals surface area contributed by atoms with Crippen molar-refractivity contribution >= 4 is 17.3 Å². The van der Waals surface area contributed by atoms with Gasteiger partial charge in [0.15, 0.2) is 11.9 Å². The van der Waals surface area contributed by atoms with Gasteiger partial charge in [0.05, 0.1) is 5.56 Å². The van der Waals surface area contributed by atoms with E-state index in [4.69, 9.17) is 10.2 Å². The molecule has 5 heteroatoms. The number of aldehydes is 1. The van der Waals surface area contributed by atoms with E-state index in [1.165, 1.54) is 12.1 Å². The molecule has 17 heavy (non-hydrogen) atoms. The third-order valence-electron chi connectivity index (χ3n) is 2.55. The average molecular weight is 233 g/mol. The SMILES string of the molecule is NCCc1cc(=O)oc2c(C=O)c(O)ccc12. The predicted molar refractivity (Wildman–Crippen MR) is 62.3 cm³/mol. The van der Waals surface area contributed by atoms with Crippen molar-refractivity contribution in [2.45, 2.75) is 6.42 Å². The first-order valence-electron chi connectivity index (χ1n) is 5.11. The molecule has 0 bridgehead atoms. The molecular formula is C12H11NO4. The first-order valence-corrected chi connectivity index (χ1v) is 5.11. The number of aromatic hydroxyl groups is 1. The van der Waals surface area contributed by atoms with Crippen molar-refractivity contribution in [3.8, 4) is 5.75 Å². The topological polar surface area (TPSA) is 93.5 Å². The van der Waals surface area contributed by atoms with Gasteiger partial charge in [-0.1, -0.05) is 0 Å². The Kier molecular flexibility index (Phi) is 2.93. The van der Waals surface area contributed by atoms with E-state index < -0.39 is 5.63 Å². The lowest BCUT2D eigenvalue weighted by molar-refractivity contribution is 0.112. The highest BCUT2D eigenvalue weighted by Crippen LogP contribution is 2.26. The van der Waals surface area contributed by atoms with Crippen LogP contribution >= 0.6 is 0 Å². The zero-order chi connectivity index (χ0) is 12.4. The molecule has 0 spiro atoms. The highest BCUT2D eigenvalue weighted by molar-refractivity contribution is 5.98. The van der Waals surface area contributed by atoms with Crippen molar-refractivity contribution in [1.82, 2.24) is 0 Å². The van der Waals surface area contributed by atoms with E-state index in [-0.39, 0.29) is 16.9 Å². The zero-order valence-corrected chi connectivity index (χ0v) is 8.97. The van der Waals surface area contributed by atoms with Crippen LogP contribution in [0.25, 0.3) is 11.0 Å². The van der Waals surface area contributed by atoms with Crippen molar-refractivity contribution in [2.24, 2.45) is 5.73 Å². The lowest BCUT2D eigenvalue weighted by Crippen LogP contribution is -2.07. The van der Waals surface area contributed by atoms with E-state index in [2.05, 4.69) is 0 Å². The van der Waals surface area contributed by atoms with Crippen molar-refractivity contribution < 1.29 is 14.3 Å². The van der Waals surface area contributed by atoms with E-state index in [0.29, 0.717) is 30.2 Å². The van der Waals surface area contributed by atoms with Crippen LogP contribution < -0.4 is 11.4 Å². The summed E-state index contributed by atoms with van der Waals surface area (Å²) in [7, 11) is 0. The van der Waals surface area contributed by atoms with Gasteiger partial charge in [-0.15, -0.1) is 0 Å². The summed E-state index contributed by atoms with van der Waals surface area (Å²) in [6, 6.07) is 4.35. The molecule has 5 nitrogen and oxygen atoms in total. The maximum atomic E-state index is 11.4. The first kappa shape index (κ1) is 11.3. The van der Waals surface area contributed by atoms with Crippen LogP contribution in [0.4, 0.5) is 0 Å². The third kappa shape index (κ3) is 1.92. The Morgan fingerprint density at radius 1 is 1.41 bits per heavy atom. The fourth-order valence-corrected chi connectivity index (χ4v) is 1.78. The summed E-state index contributed by atoms with van der Waals surface area (Å²) in [5, 5.41) is 10.1. The van der Waals surface area contributed by atoms with E-state index in [0.717, 1.165) is 0 Å². The predicted octanol–water partition coefficient (Wildman–Crippen LogP) is 0.812. The lowest BCUT2D eigenvalue weighted by atomic mass is 10.0. The third-order valence-corrected chi connectivity index (χ3v) is 2.55. The quantitative estimate of drug-likeness (QED) is 0.604. The van der Waals surface area contributed by atoms with Crippen LogP contribution in [0.15, 0.2) is 27.4 Å². The molecule has 0 saturated carbocycles. The number of carbonyl (C=O) groups excluding carboxylic acids is 1. The molecule has 1 aromatic heterocycles. The molecule has 0 radical (unpaired) electrons. The molecule has 0 atom stereocenters. The lowest BCUT2D eigenvalue weighted by Gasteiger charge is -2.06. The number of rotatable bonds is 3. The van der Waals surface area contributed by atoms with Gasteiger partial charge in [-0.25, -0.2) is 4.79 Å². The summed E-state index contributed by atoms with van der Waals surface area (Å²) in [5.41, 5.74) is 5.69. The minimum absolute atomic E-state index is 0.0153. The molecule has 0 aliphatic heterocycles. The van der Waals surface area contributed by atoms with Crippen molar-refractivity contribution in [3.05, 3.63) is 39.7 Å². The Bertz CT molecular complexity index is 630. The fourth-order valence-electron chi connectivity index (χ4n) is 1.78. The molecular weight excluding hydrogens is 222 g/mol. The van der Waals surface area contributed by atoms with Crippen molar-refractivity contribution in [1.29, 1.82) is 0 Å². The Morgan fingerprint density at radius 2 is 2.18 bits per heavy atom. The normalized spacial score (nSPS) is 10.6. The zero-order valence-electron chi connectivity index (χ0n) is 8.97. The standard InChI is InChI=1S/C12H11NO4/c13-4-3-7-5-11(16)17-12-8(7)1-2-10(15)9(12)6-14/h1-2,5-6,15H,3-4,13H2. The number of carbonyl (C=O) groups is 1. The molecule has 0 aliphatic rings. The highest BCUT2D eigenvalue weighted by atomic mass is 16.4. The number of nitrogens with two attached hydrogens (primary N) is 1. The Balaban J connectivity index is 2.87. The maximum absolute atomic E-state index is 11.4. The molecule has 0 amide bonds. The molecule has 1 heterocycles. The molecule has 0 fully saturated rings. The molecule has 2 aromatic rings. The number of phenols is 1. The molecule has 88 valence electrons. The smallest absolute Gasteiger partial charge is 0.336 e. The van der Waals surface area contributed by atoms with Gasteiger partial charge in [0.2, 0.25) is 0 Å². The van der Waals surface area contributed by atoms with Gasteiger partial charge in [-0.2, -0.15) is 0 Å². The number of fused-ring (bicyclic) bond motifs is 1. The van der Waals surface area contributed by atoms with Crippen LogP contribution in [-0.4, -0.2) is 17.9 Å². The van der Waals surface area contributed by atoms with Crippen molar-refractivity contribution in [3.63, 3.8) is 0 Å². The molecule has 1 aromatic carbocycles. The monoisotopic (exact) mass is 233 g/mol. The Morgan fingerprint density at radius 3 is 2.82 bits per heavy atom. The second-order valence-electron chi connectivity index (χ2n) is 3.62. The summed E-state index contributed by atoms with van der Waals surface area (Å²) in [5.74, 6) is -0.208. The number of phenolic OH excluding ortho intramolecular Hbond substituents is 1. The summed E-state index contributed by atoms with van der Waals surface area (Å²) in [4.78, 5) is 22.2. The Hall–Kier alpha value is -2.14. The number of hydrogen-bond acceptors (Lipinski definition) is 5. The Labute approximate surface area is 96.5 Å². The summed E-state index contributed by atoms with van der Waals surface area (Å²) < 4.78 is 4.96. The molecule has 0 unspecified atom stereocenters. The van der Waals surface area contributed by atoms with Crippen LogP contribution in [0, 0.1) is 0 Å². The number of benzene rings is 1. The maximum Gasteiger partial charge on any atom is 0.336 e. The van der Waals surface area contributed by atoms with E-state index >= 15 is 0 Å². The second kappa shape index (κ2) is 4.39. The summed E-state index contributed by atoms with van der Waals surface area (Å²) in [6.07, 6.45) is 0.970. The van der Waals surface area contributed by atoms with Gasteiger partial charge >= 0.3 is 5.63 Å². The van der Waals surface area contributed by atoms with Gasteiger partial charge < -0.3 is 15.3 Å². The largest absolute Gasteiger partial charge is 0.507 e. The highest BCUT2D eigenvalue weighted by Gasteiger charge is 2.12. The van der Waals surface area contributed by atoms with Crippen LogP contribution in [0.1, 0.15) is 15.9 Å². The molecule has 2 rings (SSSR count). The summed E-state index contributed by atoms with van der Waals surface area (Å²) in [6.45, 7) is 0.385. The van der Waals surface area contributed by atoms with E-state index in [9.17, 15) is 14.7 Å². The van der Waals surface area contributed by atoms with E-state index in [1.54, 1.807) is 6.07 Å². The minimum atomic E-state index is -0.561. The number of hydrogen-bond donors (Lipinski definition) is 2. The van der Waals surface area contributed by atoms with Crippen LogP contribution in [0.5, 0.6) is 5.75 Å². The minimum Gasteiger partial charge on any atom is -0.507 e. The summed E-state index contributed by atoms with van der Waals surface area (Å²) >= 11 is 0. The van der Waals surface area contributed by atoms with Gasteiger partial charge in [-0.05, 0) is 30.7 Å². The van der Waals surface area contributed by atoms with E-state index in [1.807, 2.05) is 0 Å². The average Bonchev–Trinajstić information content (AvgIpc) is 2.29.